The SMILES string of the molecule is COC[C@H]1CCCN1/N=C1\COC(C)(C)O[C@H]1[C@@H](OC)[C@H](O[Si](C)(C)C(C)(C)C)c1ccccc1. The first-order valence-corrected chi connectivity index (χ1v) is 15.7. The van der Waals surface area contributed by atoms with E-state index in [-0.39, 0.29) is 17.2 Å². The van der Waals surface area contributed by atoms with Gasteiger partial charge in [0.15, 0.2) is 14.1 Å². The Hall–Kier alpha value is -1.29. The minimum atomic E-state index is -2.14. The van der Waals surface area contributed by atoms with E-state index in [1.807, 2.05) is 32.0 Å². The number of nitrogens with zero attached hydrogens (tertiary/aromatic N) is 2. The van der Waals surface area contributed by atoms with Crippen molar-refractivity contribution in [3.8, 4) is 0 Å². The molecule has 0 spiro atoms. The predicted octanol–water partition coefficient (Wildman–Crippen LogP) is 5.38. The van der Waals surface area contributed by atoms with Crippen LogP contribution in [0.1, 0.15) is 59.1 Å². The maximum Gasteiger partial charge on any atom is 0.193 e. The average Bonchev–Trinajstić information content (AvgIpc) is 3.22. The van der Waals surface area contributed by atoms with Gasteiger partial charge in [-0.3, -0.25) is 5.01 Å². The third-order valence-corrected chi connectivity index (χ3v) is 11.9. The Morgan fingerprint density at radius 3 is 2.46 bits per heavy atom. The van der Waals surface area contributed by atoms with Gasteiger partial charge in [-0.05, 0) is 50.4 Å². The van der Waals surface area contributed by atoms with Gasteiger partial charge in [0.2, 0.25) is 0 Å². The predicted molar refractivity (Wildman–Crippen MR) is 142 cm³/mol. The van der Waals surface area contributed by atoms with Crippen molar-refractivity contribution in [1.82, 2.24) is 5.01 Å². The Morgan fingerprint density at radius 1 is 1.17 bits per heavy atom. The summed E-state index contributed by atoms with van der Waals surface area (Å²) in [6, 6.07) is 10.6. The van der Waals surface area contributed by atoms with E-state index in [4.69, 9.17) is 28.5 Å². The second kappa shape index (κ2) is 11.4. The Morgan fingerprint density at radius 2 is 1.86 bits per heavy atom. The van der Waals surface area contributed by atoms with Gasteiger partial charge in [-0.15, -0.1) is 0 Å². The fourth-order valence-electron chi connectivity index (χ4n) is 4.43. The summed E-state index contributed by atoms with van der Waals surface area (Å²) in [5.74, 6) is -0.754. The van der Waals surface area contributed by atoms with E-state index in [0.29, 0.717) is 13.2 Å². The third kappa shape index (κ3) is 6.93. The zero-order chi connectivity index (χ0) is 25.9. The molecule has 0 unspecified atom stereocenters. The normalized spacial score (nSPS) is 26.2. The summed E-state index contributed by atoms with van der Waals surface area (Å²) in [4.78, 5) is 0. The summed E-state index contributed by atoms with van der Waals surface area (Å²) in [6.45, 7) is 17.2. The van der Waals surface area contributed by atoms with E-state index in [0.717, 1.165) is 30.7 Å². The summed E-state index contributed by atoms with van der Waals surface area (Å²) in [5.41, 5.74) is 1.91. The maximum atomic E-state index is 7.05. The lowest BCUT2D eigenvalue weighted by Crippen LogP contribution is -2.55. The van der Waals surface area contributed by atoms with Crippen molar-refractivity contribution in [3.05, 3.63) is 35.9 Å². The van der Waals surface area contributed by atoms with Gasteiger partial charge < -0.3 is 23.4 Å². The van der Waals surface area contributed by atoms with Gasteiger partial charge in [-0.2, -0.15) is 5.10 Å². The summed E-state index contributed by atoms with van der Waals surface area (Å²) in [6.07, 6.45) is 1.05. The van der Waals surface area contributed by atoms with Crippen LogP contribution in [0, 0.1) is 0 Å². The molecule has 198 valence electrons. The molecule has 2 aliphatic rings. The molecule has 0 radical (unpaired) electrons. The van der Waals surface area contributed by atoms with Crippen molar-refractivity contribution in [3.63, 3.8) is 0 Å². The van der Waals surface area contributed by atoms with Crippen LogP contribution in [0.4, 0.5) is 0 Å². The molecule has 3 rings (SSSR count). The van der Waals surface area contributed by atoms with Crippen molar-refractivity contribution in [2.75, 3.05) is 34.0 Å². The summed E-state index contributed by atoms with van der Waals surface area (Å²) < 4.78 is 31.3. The monoisotopic (exact) mass is 506 g/mol. The molecular formula is C27H46N2O5Si. The molecule has 1 aromatic carbocycles. The van der Waals surface area contributed by atoms with Crippen LogP contribution in [0.25, 0.3) is 0 Å². The smallest absolute Gasteiger partial charge is 0.193 e. The molecule has 0 N–H and O–H groups in total. The van der Waals surface area contributed by atoms with Gasteiger partial charge in [0.25, 0.3) is 0 Å². The van der Waals surface area contributed by atoms with Gasteiger partial charge >= 0.3 is 0 Å². The molecular weight excluding hydrogens is 460 g/mol. The molecule has 2 aliphatic heterocycles. The molecule has 0 aliphatic carbocycles. The van der Waals surface area contributed by atoms with Gasteiger partial charge in [0.1, 0.15) is 12.2 Å². The largest absolute Gasteiger partial charge is 0.407 e. The molecule has 0 bridgehead atoms. The molecule has 35 heavy (non-hydrogen) atoms. The number of benzene rings is 1. The highest BCUT2D eigenvalue weighted by Crippen LogP contribution is 2.42. The lowest BCUT2D eigenvalue weighted by atomic mass is 9.96. The summed E-state index contributed by atoms with van der Waals surface area (Å²) in [7, 11) is 1.34. The Balaban J connectivity index is 2.01. The Kier molecular flexibility index (Phi) is 9.21. The fourth-order valence-corrected chi connectivity index (χ4v) is 5.69. The van der Waals surface area contributed by atoms with Crippen molar-refractivity contribution < 1.29 is 23.4 Å². The van der Waals surface area contributed by atoms with Crippen LogP contribution in [0.3, 0.4) is 0 Å². The number of hydrogen-bond donors (Lipinski definition) is 0. The number of rotatable bonds is 9. The lowest BCUT2D eigenvalue weighted by Gasteiger charge is -2.45. The molecule has 0 aromatic heterocycles. The van der Waals surface area contributed by atoms with E-state index in [2.05, 4.69) is 51.0 Å². The number of methoxy groups -OCH3 is 2. The van der Waals surface area contributed by atoms with E-state index < -0.39 is 26.3 Å². The van der Waals surface area contributed by atoms with Crippen LogP contribution in [-0.4, -0.2) is 77.1 Å². The van der Waals surface area contributed by atoms with E-state index in [9.17, 15) is 0 Å². The third-order valence-electron chi connectivity index (χ3n) is 7.49. The van der Waals surface area contributed by atoms with E-state index >= 15 is 0 Å². The summed E-state index contributed by atoms with van der Waals surface area (Å²) >= 11 is 0. The Bertz CT molecular complexity index is 840. The number of ether oxygens (including phenoxy) is 4. The van der Waals surface area contributed by atoms with Crippen LogP contribution in [0.5, 0.6) is 0 Å². The molecule has 4 atom stereocenters. The molecule has 0 saturated carbocycles. The standard InChI is InChI=1S/C27H46N2O5Si/c1-26(2,3)35(8,9)34-23(20-14-11-10-12-15-20)25(31-7)24-22(19-32-27(4,5)33-24)28-29-17-13-16-21(29)18-30-6/h10-12,14-15,21,23-25H,13,16-19H2,1-9H3/b28-22+/t21-,23-,24-,25+/m1/s1. The van der Waals surface area contributed by atoms with Gasteiger partial charge in [-0.25, -0.2) is 0 Å². The second-order valence-corrected chi connectivity index (χ2v) is 16.4. The first-order chi connectivity index (χ1) is 16.4. The quantitative estimate of drug-likeness (QED) is 0.419. The first-order valence-electron chi connectivity index (χ1n) is 12.8. The van der Waals surface area contributed by atoms with Crippen molar-refractivity contribution in [2.24, 2.45) is 5.10 Å². The zero-order valence-electron chi connectivity index (χ0n) is 23.2. The molecule has 7 nitrogen and oxygen atoms in total. The minimum Gasteiger partial charge on any atom is -0.407 e. The van der Waals surface area contributed by atoms with E-state index in [1.165, 1.54) is 0 Å². The second-order valence-electron chi connectivity index (χ2n) is 11.6. The zero-order valence-corrected chi connectivity index (χ0v) is 24.2. The highest BCUT2D eigenvalue weighted by atomic mass is 28.4. The highest BCUT2D eigenvalue weighted by Gasteiger charge is 2.47. The molecule has 1 aromatic rings. The maximum absolute atomic E-state index is 7.05. The average molecular weight is 507 g/mol. The highest BCUT2D eigenvalue weighted by molar-refractivity contribution is 6.74. The fraction of sp³-hybridized carbons (Fsp3) is 0.741. The van der Waals surface area contributed by atoms with Crippen LogP contribution >= 0.6 is 0 Å². The lowest BCUT2D eigenvalue weighted by molar-refractivity contribution is -0.257. The van der Waals surface area contributed by atoms with Crippen molar-refractivity contribution >= 4 is 14.0 Å². The van der Waals surface area contributed by atoms with Crippen LogP contribution in [0.15, 0.2) is 35.4 Å². The number of hydrogen-bond acceptors (Lipinski definition) is 7. The summed E-state index contributed by atoms with van der Waals surface area (Å²) in [5, 5.41) is 7.25. The van der Waals surface area contributed by atoms with Gasteiger partial charge in [-0.1, -0.05) is 51.1 Å². The van der Waals surface area contributed by atoms with Crippen LogP contribution < -0.4 is 0 Å². The Labute approximate surface area is 213 Å². The molecule has 2 fully saturated rings. The first kappa shape index (κ1) is 28.3. The van der Waals surface area contributed by atoms with E-state index in [1.54, 1.807) is 14.2 Å². The van der Waals surface area contributed by atoms with Crippen LogP contribution in [-0.2, 0) is 23.4 Å². The topological polar surface area (TPSA) is 61.8 Å². The number of hydrazone groups is 1. The molecule has 2 heterocycles. The van der Waals surface area contributed by atoms with Gasteiger partial charge in [0, 0.05) is 20.8 Å². The minimum absolute atomic E-state index is 0.0496. The molecule has 2 saturated heterocycles. The molecule has 0 amide bonds. The van der Waals surface area contributed by atoms with Gasteiger partial charge in [0.05, 0.1) is 31.1 Å². The molecule has 8 heteroatoms. The van der Waals surface area contributed by atoms with Crippen molar-refractivity contribution in [2.45, 2.75) is 95.7 Å². The van der Waals surface area contributed by atoms with Crippen molar-refractivity contribution in [1.29, 1.82) is 0 Å². The van der Waals surface area contributed by atoms with Crippen LogP contribution in [0.2, 0.25) is 18.1 Å².